The molecule has 0 radical (unpaired) electrons. The third-order valence-electron chi connectivity index (χ3n) is 3.21. The summed E-state index contributed by atoms with van der Waals surface area (Å²) < 4.78 is 12.1. The monoisotopic (exact) mass is 297 g/mol. The van der Waals surface area contributed by atoms with Gasteiger partial charge < -0.3 is 13.8 Å². The lowest BCUT2D eigenvalue weighted by Crippen LogP contribution is -2.15. The van der Waals surface area contributed by atoms with Crippen LogP contribution in [0, 0.1) is 6.92 Å². The molecule has 3 aromatic rings. The van der Waals surface area contributed by atoms with Crippen LogP contribution in [0.5, 0.6) is 5.75 Å². The largest absolute Gasteiger partial charge is 0.489 e. The first-order valence-electron chi connectivity index (χ1n) is 6.81. The van der Waals surface area contributed by atoms with Crippen LogP contribution >= 0.6 is 0 Å². The van der Waals surface area contributed by atoms with E-state index in [0.29, 0.717) is 24.1 Å². The lowest BCUT2D eigenvalue weighted by Gasteiger charge is -2.07. The molecule has 2 heterocycles. The number of rotatable bonds is 4. The van der Waals surface area contributed by atoms with Crippen molar-refractivity contribution >= 4 is 0 Å². The molecule has 2 aromatic heterocycles. The lowest BCUT2D eigenvalue weighted by molar-refractivity contribution is 0.306. The molecular weight excluding hydrogens is 282 g/mol. The fourth-order valence-corrected chi connectivity index (χ4v) is 1.96. The van der Waals surface area contributed by atoms with Crippen LogP contribution in [0.25, 0.3) is 11.4 Å². The molecule has 6 nitrogen and oxygen atoms in total. The highest BCUT2D eigenvalue weighted by Crippen LogP contribution is 2.20. The standard InChI is InChI=1S/C16H15N3O3/c1-11-17-16(18-22-11)13-3-5-14(6-4-13)21-10-12-7-8-19(2)15(20)9-12/h3-9H,10H2,1-2H3. The van der Waals surface area contributed by atoms with Gasteiger partial charge in [0.25, 0.3) is 5.56 Å². The van der Waals surface area contributed by atoms with Crippen molar-refractivity contribution in [1.29, 1.82) is 0 Å². The number of aryl methyl sites for hydroxylation is 2. The highest BCUT2D eigenvalue weighted by atomic mass is 16.5. The molecule has 22 heavy (non-hydrogen) atoms. The van der Waals surface area contributed by atoms with E-state index >= 15 is 0 Å². The zero-order chi connectivity index (χ0) is 15.5. The van der Waals surface area contributed by atoms with E-state index in [2.05, 4.69) is 10.1 Å². The Morgan fingerprint density at radius 3 is 2.64 bits per heavy atom. The molecule has 0 saturated carbocycles. The minimum atomic E-state index is -0.0519. The number of pyridine rings is 1. The summed E-state index contributed by atoms with van der Waals surface area (Å²) in [5.41, 5.74) is 1.64. The second-order valence-corrected chi connectivity index (χ2v) is 4.93. The number of benzene rings is 1. The number of ether oxygens (including phenoxy) is 1. The highest BCUT2D eigenvalue weighted by Gasteiger charge is 2.05. The number of hydrogen-bond acceptors (Lipinski definition) is 5. The summed E-state index contributed by atoms with van der Waals surface area (Å²) in [6, 6.07) is 10.8. The van der Waals surface area contributed by atoms with E-state index in [1.165, 1.54) is 4.57 Å². The Balaban J connectivity index is 1.68. The van der Waals surface area contributed by atoms with Gasteiger partial charge in [-0.15, -0.1) is 0 Å². The molecule has 0 N–H and O–H groups in total. The van der Waals surface area contributed by atoms with Crippen LogP contribution in [0.4, 0.5) is 0 Å². The van der Waals surface area contributed by atoms with Crippen LogP contribution in [-0.2, 0) is 13.7 Å². The third kappa shape index (κ3) is 3.06. The molecule has 0 amide bonds. The maximum atomic E-state index is 11.5. The minimum Gasteiger partial charge on any atom is -0.489 e. The van der Waals surface area contributed by atoms with Gasteiger partial charge >= 0.3 is 0 Å². The zero-order valence-corrected chi connectivity index (χ0v) is 12.3. The van der Waals surface area contributed by atoms with Crippen molar-refractivity contribution in [2.45, 2.75) is 13.5 Å². The SMILES string of the molecule is Cc1nc(-c2ccc(OCc3ccn(C)c(=O)c3)cc2)no1. The van der Waals surface area contributed by atoms with Crippen molar-refractivity contribution < 1.29 is 9.26 Å². The fourth-order valence-electron chi connectivity index (χ4n) is 1.96. The quantitative estimate of drug-likeness (QED) is 0.739. The van der Waals surface area contributed by atoms with Crippen LogP contribution in [0.3, 0.4) is 0 Å². The van der Waals surface area contributed by atoms with E-state index in [0.717, 1.165) is 11.1 Å². The Morgan fingerprint density at radius 1 is 1.23 bits per heavy atom. The van der Waals surface area contributed by atoms with Gasteiger partial charge in [-0.1, -0.05) is 5.16 Å². The van der Waals surface area contributed by atoms with Gasteiger partial charge in [-0.05, 0) is 35.9 Å². The summed E-state index contributed by atoms with van der Waals surface area (Å²) in [6.07, 6.45) is 1.72. The first kappa shape index (κ1) is 14.1. The molecule has 0 aliphatic carbocycles. The van der Waals surface area contributed by atoms with E-state index < -0.39 is 0 Å². The molecule has 112 valence electrons. The maximum absolute atomic E-state index is 11.5. The van der Waals surface area contributed by atoms with Crippen LogP contribution in [-0.4, -0.2) is 14.7 Å². The van der Waals surface area contributed by atoms with E-state index in [4.69, 9.17) is 9.26 Å². The van der Waals surface area contributed by atoms with Gasteiger partial charge in [-0.3, -0.25) is 4.79 Å². The molecule has 0 unspecified atom stereocenters. The van der Waals surface area contributed by atoms with Crippen LogP contribution in [0.2, 0.25) is 0 Å². The molecule has 3 rings (SSSR count). The van der Waals surface area contributed by atoms with Gasteiger partial charge in [0.2, 0.25) is 11.7 Å². The number of aromatic nitrogens is 3. The molecule has 0 aliphatic heterocycles. The second kappa shape index (κ2) is 5.85. The Morgan fingerprint density at radius 2 is 2.00 bits per heavy atom. The first-order valence-corrected chi connectivity index (χ1v) is 6.81. The van der Waals surface area contributed by atoms with Crippen molar-refractivity contribution in [2.24, 2.45) is 7.05 Å². The lowest BCUT2D eigenvalue weighted by atomic mass is 10.2. The summed E-state index contributed by atoms with van der Waals surface area (Å²) in [6.45, 7) is 2.09. The smallest absolute Gasteiger partial charge is 0.250 e. The first-order chi connectivity index (χ1) is 10.6. The Hall–Kier alpha value is -2.89. The summed E-state index contributed by atoms with van der Waals surface area (Å²) in [5, 5.41) is 3.86. The maximum Gasteiger partial charge on any atom is 0.250 e. The van der Waals surface area contributed by atoms with E-state index in [1.54, 1.807) is 26.2 Å². The number of nitrogens with zero attached hydrogens (tertiary/aromatic N) is 3. The second-order valence-electron chi connectivity index (χ2n) is 4.93. The fraction of sp³-hybridized carbons (Fsp3) is 0.188. The van der Waals surface area contributed by atoms with Gasteiger partial charge in [-0.25, -0.2) is 0 Å². The van der Waals surface area contributed by atoms with E-state index in [-0.39, 0.29) is 5.56 Å². The molecule has 0 spiro atoms. The molecular formula is C16H15N3O3. The van der Waals surface area contributed by atoms with E-state index in [1.807, 2.05) is 30.3 Å². The predicted molar refractivity (Wildman–Crippen MR) is 80.5 cm³/mol. The van der Waals surface area contributed by atoms with Crippen LogP contribution in [0.1, 0.15) is 11.5 Å². The van der Waals surface area contributed by atoms with Gasteiger partial charge in [0.1, 0.15) is 12.4 Å². The average Bonchev–Trinajstić information content (AvgIpc) is 2.95. The van der Waals surface area contributed by atoms with Gasteiger partial charge in [0.05, 0.1) is 0 Å². The molecule has 0 saturated heterocycles. The summed E-state index contributed by atoms with van der Waals surface area (Å²) in [7, 11) is 1.71. The van der Waals surface area contributed by atoms with Crippen molar-refractivity contribution in [2.75, 3.05) is 0 Å². The van der Waals surface area contributed by atoms with Gasteiger partial charge in [0, 0.05) is 31.8 Å². The van der Waals surface area contributed by atoms with Crippen molar-refractivity contribution in [3.63, 3.8) is 0 Å². The third-order valence-corrected chi connectivity index (χ3v) is 3.21. The van der Waals surface area contributed by atoms with Crippen molar-refractivity contribution in [1.82, 2.24) is 14.7 Å². The molecule has 0 bridgehead atoms. The molecule has 0 aliphatic rings. The van der Waals surface area contributed by atoms with Crippen molar-refractivity contribution in [3.05, 3.63) is 64.4 Å². The molecule has 0 fully saturated rings. The topological polar surface area (TPSA) is 70.2 Å². The predicted octanol–water partition coefficient (Wildman–Crippen LogP) is 2.32. The Kier molecular flexibility index (Phi) is 3.74. The minimum absolute atomic E-state index is 0.0519. The molecule has 6 heteroatoms. The highest BCUT2D eigenvalue weighted by molar-refractivity contribution is 5.55. The van der Waals surface area contributed by atoms with Gasteiger partial charge in [0.15, 0.2) is 0 Å². The summed E-state index contributed by atoms with van der Waals surface area (Å²) in [5.74, 6) is 1.79. The van der Waals surface area contributed by atoms with Crippen molar-refractivity contribution in [3.8, 4) is 17.1 Å². The van der Waals surface area contributed by atoms with E-state index in [9.17, 15) is 4.79 Å². The Bertz CT molecular complexity index is 834. The van der Waals surface area contributed by atoms with Crippen LogP contribution < -0.4 is 10.3 Å². The Labute approximate surface area is 127 Å². The van der Waals surface area contributed by atoms with Gasteiger partial charge in [-0.2, -0.15) is 4.98 Å². The summed E-state index contributed by atoms with van der Waals surface area (Å²) in [4.78, 5) is 15.7. The zero-order valence-electron chi connectivity index (χ0n) is 12.3. The molecule has 0 atom stereocenters. The number of hydrogen-bond donors (Lipinski definition) is 0. The molecule has 1 aromatic carbocycles. The van der Waals surface area contributed by atoms with Crippen LogP contribution in [0.15, 0.2) is 51.9 Å². The summed E-state index contributed by atoms with van der Waals surface area (Å²) >= 11 is 0. The average molecular weight is 297 g/mol. The normalized spacial score (nSPS) is 10.6.